The van der Waals surface area contributed by atoms with Crippen LogP contribution in [0.1, 0.15) is 10.4 Å². The highest BCUT2D eigenvalue weighted by Crippen LogP contribution is 2.18. The minimum absolute atomic E-state index is 0.142. The van der Waals surface area contributed by atoms with E-state index in [0.29, 0.717) is 0 Å². The van der Waals surface area contributed by atoms with Gasteiger partial charge in [0.15, 0.2) is 0 Å². The van der Waals surface area contributed by atoms with Crippen LogP contribution in [0.4, 0.5) is 4.39 Å². The summed E-state index contributed by atoms with van der Waals surface area (Å²) in [5, 5.41) is 2.22. The van der Waals surface area contributed by atoms with Crippen molar-refractivity contribution in [3.05, 3.63) is 34.6 Å². The largest absolute Gasteiger partial charge is 0.355 e. The van der Waals surface area contributed by atoms with Crippen molar-refractivity contribution in [1.82, 2.24) is 5.32 Å². The Labute approximate surface area is 74.3 Å². The summed E-state index contributed by atoms with van der Waals surface area (Å²) in [4.78, 5) is 11.0. The topological polar surface area (TPSA) is 29.1 Å². The molecule has 1 aromatic carbocycles. The fourth-order valence-electron chi connectivity index (χ4n) is 0.814. The fraction of sp³-hybridized carbons (Fsp3) is 0.125. The van der Waals surface area contributed by atoms with E-state index in [2.05, 4.69) is 5.32 Å². The van der Waals surface area contributed by atoms with E-state index >= 15 is 0 Å². The molecule has 1 rings (SSSR count). The first-order valence-electron chi connectivity index (χ1n) is 3.33. The van der Waals surface area contributed by atoms with Gasteiger partial charge in [-0.05, 0) is 12.1 Å². The van der Waals surface area contributed by atoms with Crippen molar-refractivity contribution in [2.24, 2.45) is 0 Å². The van der Waals surface area contributed by atoms with Crippen LogP contribution in [0.5, 0.6) is 0 Å². The van der Waals surface area contributed by atoms with Gasteiger partial charge in [0.1, 0.15) is 5.82 Å². The summed E-state index contributed by atoms with van der Waals surface area (Å²) in [6, 6.07) is 4.10. The molecule has 0 atom stereocenters. The summed E-state index contributed by atoms with van der Waals surface area (Å²) >= 11 is 5.53. The lowest BCUT2D eigenvalue weighted by atomic mass is 10.2. The summed E-state index contributed by atoms with van der Waals surface area (Å²) in [5.74, 6) is -0.975. The minimum Gasteiger partial charge on any atom is -0.355 e. The highest BCUT2D eigenvalue weighted by Gasteiger charge is 2.10. The predicted molar refractivity (Wildman–Crippen MR) is 44.8 cm³/mol. The SMILES string of the molecule is CNC(=O)c1cccc(F)c1Cl. The van der Waals surface area contributed by atoms with E-state index in [1.165, 1.54) is 25.2 Å². The van der Waals surface area contributed by atoms with E-state index in [0.717, 1.165) is 0 Å². The van der Waals surface area contributed by atoms with Gasteiger partial charge in [0.25, 0.3) is 5.91 Å². The summed E-state index contributed by atoms with van der Waals surface area (Å²) in [7, 11) is 1.46. The number of hydrogen-bond donors (Lipinski definition) is 1. The summed E-state index contributed by atoms with van der Waals surface area (Å²) in [6.07, 6.45) is 0. The van der Waals surface area contributed by atoms with Crippen molar-refractivity contribution in [2.75, 3.05) is 7.05 Å². The average Bonchev–Trinajstić information content (AvgIpc) is 2.08. The third-order valence-electron chi connectivity index (χ3n) is 1.42. The Morgan fingerprint density at radius 2 is 2.25 bits per heavy atom. The van der Waals surface area contributed by atoms with E-state index in [9.17, 15) is 9.18 Å². The smallest absolute Gasteiger partial charge is 0.252 e. The minimum atomic E-state index is -0.585. The van der Waals surface area contributed by atoms with Crippen LogP contribution in [0.3, 0.4) is 0 Å². The van der Waals surface area contributed by atoms with Gasteiger partial charge >= 0.3 is 0 Å². The second-order valence-corrected chi connectivity index (χ2v) is 2.56. The maximum Gasteiger partial charge on any atom is 0.252 e. The molecule has 64 valence electrons. The monoisotopic (exact) mass is 187 g/mol. The number of nitrogens with one attached hydrogen (secondary N) is 1. The predicted octanol–water partition coefficient (Wildman–Crippen LogP) is 1.84. The summed E-state index contributed by atoms with van der Waals surface area (Å²) in [6.45, 7) is 0. The first-order chi connectivity index (χ1) is 5.66. The number of benzene rings is 1. The Bertz CT molecular complexity index is 314. The van der Waals surface area contributed by atoms with Gasteiger partial charge in [0, 0.05) is 7.05 Å². The third kappa shape index (κ3) is 1.56. The zero-order chi connectivity index (χ0) is 9.14. The van der Waals surface area contributed by atoms with Gasteiger partial charge in [-0.2, -0.15) is 0 Å². The molecule has 1 aromatic rings. The van der Waals surface area contributed by atoms with E-state index in [1.54, 1.807) is 0 Å². The van der Waals surface area contributed by atoms with Gasteiger partial charge in [0.2, 0.25) is 0 Å². The van der Waals surface area contributed by atoms with Crippen LogP contribution >= 0.6 is 11.6 Å². The highest BCUT2D eigenvalue weighted by atomic mass is 35.5. The second-order valence-electron chi connectivity index (χ2n) is 2.18. The van der Waals surface area contributed by atoms with Gasteiger partial charge in [-0.25, -0.2) is 4.39 Å². The standard InChI is InChI=1S/C8H7ClFNO/c1-11-8(12)5-3-2-4-6(10)7(5)9/h2-4H,1H3,(H,11,12). The number of carbonyl (C=O) groups is 1. The number of carbonyl (C=O) groups excluding carboxylic acids is 1. The van der Waals surface area contributed by atoms with Crippen molar-refractivity contribution in [1.29, 1.82) is 0 Å². The molecule has 0 aliphatic rings. The number of amides is 1. The van der Waals surface area contributed by atoms with Crippen LogP contribution in [0.15, 0.2) is 18.2 Å². The normalized spacial score (nSPS) is 9.58. The molecule has 0 bridgehead atoms. The summed E-state index contributed by atoms with van der Waals surface area (Å²) in [5.41, 5.74) is 0.152. The van der Waals surface area contributed by atoms with Crippen molar-refractivity contribution in [3.8, 4) is 0 Å². The molecule has 0 spiro atoms. The van der Waals surface area contributed by atoms with Gasteiger partial charge in [-0.3, -0.25) is 4.79 Å². The van der Waals surface area contributed by atoms with Crippen molar-refractivity contribution in [2.45, 2.75) is 0 Å². The molecular weight excluding hydrogens is 181 g/mol. The molecule has 1 N–H and O–H groups in total. The van der Waals surface area contributed by atoms with Crippen molar-refractivity contribution < 1.29 is 9.18 Å². The van der Waals surface area contributed by atoms with Crippen molar-refractivity contribution in [3.63, 3.8) is 0 Å². The Morgan fingerprint density at radius 3 is 2.83 bits per heavy atom. The molecule has 0 aromatic heterocycles. The Kier molecular flexibility index (Phi) is 2.65. The molecule has 0 radical (unpaired) electrons. The molecule has 0 unspecified atom stereocenters. The lowest BCUT2D eigenvalue weighted by Gasteiger charge is -2.01. The molecule has 0 fully saturated rings. The van der Waals surface area contributed by atoms with Crippen LogP contribution in [0.25, 0.3) is 0 Å². The van der Waals surface area contributed by atoms with Crippen LogP contribution in [-0.2, 0) is 0 Å². The first kappa shape index (κ1) is 9.00. The zero-order valence-electron chi connectivity index (χ0n) is 6.40. The van der Waals surface area contributed by atoms with Crippen LogP contribution in [0, 0.1) is 5.82 Å². The molecular formula is C8H7ClFNO. The van der Waals surface area contributed by atoms with E-state index < -0.39 is 5.82 Å². The third-order valence-corrected chi connectivity index (χ3v) is 1.81. The maximum atomic E-state index is 12.8. The lowest BCUT2D eigenvalue weighted by Crippen LogP contribution is -2.18. The molecule has 0 aliphatic carbocycles. The Hall–Kier alpha value is -1.09. The maximum absolute atomic E-state index is 12.8. The zero-order valence-corrected chi connectivity index (χ0v) is 7.15. The highest BCUT2D eigenvalue weighted by molar-refractivity contribution is 6.33. The van der Waals surface area contributed by atoms with Gasteiger partial charge < -0.3 is 5.32 Å². The van der Waals surface area contributed by atoms with Gasteiger partial charge in [-0.15, -0.1) is 0 Å². The number of halogens is 2. The quantitative estimate of drug-likeness (QED) is 0.714. The van der Waals surface area contributed by atoms with Crippen molar-refractivity contribution >= 4 is 17.5 Å². The van der Waals surface area contributed by atoms with Crippen LogP contribution in [0.2, 0.25) is 5.02 Å². The number of hydrogen-bond acceptors (Lipinski definition) is 1. The molecule has 0 aliphatic heterocycles. The molecule has 12 heavy (non-hydrogen) atoms. The van der Waals surface area contributed by atoms with E-state index in [1.807, 2.05) is 0 Å². The Balaban J connectivity index is 3.16. The van der Waals surface area contributed by atoms with E-state index in [-0.39, 0.29) is 16.5 Å². The van der Waals surface area contributed by atoms with Gasteiger partial charge in [0.05, 0.1) is 10.6 Å². The molecule has 0 heterocycles. The van der Waals surface area contributed by atoms with E-state index in [4.69, 9.17) is 11.6 Å². The first-order valence-corrected chi connectivity index (χ1v) is 3.70. The lowest BCUT2D eigenvalue weighted by molar-refractivity contribution is 0.0963. The second kappa shape index (κ2) is 3.54. The van der Waals surface area contributed by atoms with Gasteiger partial charge in [-0.1, -0.05) is 17.7 Å². The molecule has 0 saturated heterocycles. The fourth-order valence-corrected chi connectivity index (χ4v) is 1.03. The molecule has 2 nitrogen and oxygen atoms in total. The molecule has 0 saturated carbocycles. The molecule has 1 amide bonds. The average molecular weight is 188 g/mol. The van der Waals surface area contributed by atoms with Crippen LogP contribution in [-0.4, -0.2) is 13.0 Å². The summed E-state index contributed by atoms with van der Waals surface area (Å²) < 4.78 is 12.8. The molecule has 4 heteroatoms. The number of rotatable bonds is 1. The van der Waals surface area contributed by atoms with Crippen LogP contribution < -0.4 is 5.32 Å². The Morgan fingerprint density at radius 1 is 1.58 bits per heavy atom.